The lowest BCUT2D eigenvalue weighted by Gasteiger charge is -2.27. The van der Waals surface area contributed by atoms with Crippen molar-refractivity contribution < 1.29 is 0 Å². The summed E-state index contributed by atoms with van der Waals surface area (Å²) in [5, 5.41) is 3.56. The van der Waals surface area contributed by atoms with Crippen molar-refractivity contribution in [2.24, 2.45) is 0 Å². The highest BCUT2D eigenvalue weighted by Crippen LogP contribution is 2.22. The van der Waals surface area contributed by atoms with Crippen LogP contribution >= 0.6 is 15.9 Å². The largest absolute Gasteiger partial charge is 0.304 e. The Morgan fingerprint density at radius 1 is 1.17 bits per heavy atom. The standard InChI is InChI=1S/C15H17BrN2/c1-15(2,13-5-7-14(16)8-6-13)18-11-12-4-3-9-17-10-12/h3-10,18H,11H2,1-2H3. The van der Waals surface area contributed by atoms with Gasteiger partial charge in [0.2, 0.25) is 0 Å². The molecular weight excluding hydrogens is 288 g/mol. The van der Waals surface area contributed by atoms with Gasteiger partial charge in [0.1, 0.15) is 0 Å². The van der Waals surface area contributed by atoms with E-state index < -0.39 is 0 Å². The predicted molar refractivity (Wildman–Crippen MR) is 78.2 cm³/mol. The molecule has 1 heterocycles. The van der Waals surface area contributed by atoms with Crippen LogP contribution in [-0.2, 0) is 12.1 Å². The molecule has 1 aromatic carbocycles. The molecule has 0 saturated heterocycles. The fourth-order valence-corrected chi connectivity index (χ4v) is 2.06. The number of rotatable bonds is 4. The van der Waals surface area contributed by atoms with E-state index in [9.17, 15) is 0 Å². The molecule has 0 spiro atoms. The molecule has 0 fully saturated rings. The molecule has 0 amide bonds. The Kier molecular flexibility index (Phi) is 4.15. The monoisotopic (exact) mass is 304 g/mol. The van der Waals surface area contributed by atoms with Gasteiger partial charge in [-0.2, -0.15) is 0 Å². The van der Waals surface area contributed by atoms with Gasteiger partial charge in [-0.3, -0.25) is 4.98 Å². The van der Waals surface area contributed by atoms with Gasteiger partial charge >= 0.3 is 0 Å². The number of hydrogen-bond acceptors (Lipinski definition) is 2. The molecule has 0 unspecified atom stereocenters. The third-order valence-corrected chi connectivity index (χ3v) is 3.55. The summed E-state index contributed by atoms with van der Waals surface area (Å²) >= 11 is 3.46. The average molecular weight is 305 g/mol. The van der Waals surface area contributed by atoms with E-state index in [4.69, 9.17) is 0 Å². The molecule has 18 heavy (non-hydrogen) atoms. The lowest BCUT2D eigenvalue weighted by Crippen LogP contribution is -2.35. The molecule has 2 nitrogen and oxygen atoms in total. The molecule has 0 bridgehead atoms. The second-order valence-electron chi connectivity index (χ2n) is 4.85. The predicted octanol–water partition coefficient (Wildman–Crippen LogP) is 3.87. The summed E-state index contributed by atoms with van der Waals surface area (Å²) in [5.41, 5.74) is 2.41. The molecule has 2 rings (SSSR count). The second-order valence-corrected chi connectivity index (χ2v) is 5.76. The molecule has 0 aliphatic heterocycles. The van der Waals surface area contributed by atoms with Crippen molar-refractivity contribution in [3.8, 4) is 0 Å². The van der Waals surface area contributed by atoms with Gasteiger partial charge in [0.15, 0.2) is 0 Å². The number of nitrogens with one attached hydrogen (secondary N) is 1. The molecule has 0 aliphatic carbocycles. The van der Waals surface area contributed by atoms with Crippen LogP contribution in [0.2, 0.25) is 0 Å². The average Bonchev–Trinajstić information content (AvgIpc) is 2.38. The molecule has 0 radical (unpaired) electrons. The van der Waals surface area contributed by atoms with Crippen LogP contribution in [0.5, 0.6) is 0 Å². The Balaban J connectivity index is 2.05. The minimum Gasteiger partial charge on any atom is -0.304 e. The van der Waals surface area contributed by atoms with E-state index in [0.29, 0.717) is 0 Å². The van der Waals surface area contributed by atoms with Gasteiger partial charge in [-0.1, -0.05) is 34.1 Å². The van der Waals surface area contributed by atoms with Gasteiger partial charge in [-0.15, -0.1) is 0 Å². The summed E-state index contributed by atoms with van der Waals surface area (Å²) in [5.74, 6) is 0. The maximum absolute atomic E-state index is 4.12. The summed E-state index contributed by atoms with van der Waals surface area (Å²) in [6.45, 7) is 5.19. The van der Waals surface area contributed by atoms with Crippen LogP contribution in [0.15, 0.2) is 53.3 Å². The van der Waals surface area contributed by atoms with Gasteiger partial charge in [-0.05, 0) is 43.2 Å². The maximum atomic E-state index is 4.12. The summed E-state index contributed by atoms with van der Waals surface area (Å²) in [7, 11) is 0. The third kappa shape index (κ3) is 3.40. The van der Waals surface area contributed by atoms with Crippen molar-refractivity contribution in [2.45, 2.75) is 25.9 Å². The van der Waals surface area contributed by atoms with Crippen molar-refractivity contribution in [2.75, 3.05) is 0 Å². The quantitative estimate of drug-likeness (QED) is 0.927. The van der Waals surface area contributed by atoms with E-state index in [1.165, 1.54) is 11.1 Å². The minimum atomic E-state index is -0.0590. The molecule has 3 heteroatoms. The number of pyridine rings is 1. The normalized spacial score (nSPS) is 11.5. The fourth-order valence-electron chi connectivity index (χ4n) is 1.79. The fraction of sp³-hybridized carbons (Fsp3) is 0.267. The maximum Gasteiger partial charge on any atom is 0.0380 e. The van der Waals surface area contributed by atoms with Crippen molar-refractivity contribution >= 4 is 15.9 Å². The summed E-state index contributed by atoms with van der Waals surface area (Å²) < 4.78 is 1.11. The van der Waals surface area contributed by atoms with Crippen molar-refractivity contribution in [3.63, 3.8) is 0 Å². The van der Waals surface area contributed by atoms with Crippen LogP contribution in [0.4, 0.5) is 0 Å². The zero-order valence-corrected chi connectivity index (χ0v) is 12.2. The van der Waals surface area contributed by atoms with E-state index in [1.807, 2.05) is 12.3 Å². The van der Waals surface area contributed by atoms with E-state index in [-0.39, 0.29) is 5.54 Å². The van der Waals surface area contributed by atoms with Crippen LogP contribution in [0.25, 0.3) is 0 Å². The first-order valence-corrected chi connectivity index (χ1v) is 6.77. The second kappa shape index (κ2) is 5.63. The topological polar surface area (TPSA) is 24.9 Å². The van der Waals surface area contributed by atoms with E-state index in [1.54, 1.807) is 6.20 Å². The molecule has 2 aromatic rings. The Morgan fingerprint density at radius 3 is 2.50 bits per heavy atom. The number of hydrogen-bond donors (Lipinski definition) is 1. The Hall–Kier alpha value is -1.19. The Morgan fingerprint density at radius 2 is 1.89 bits per heavy atom. The van der Waals surface area contributed by atoms with Gasteiger partial charge in [0, 0.05) is 29.0 Å². The van der Waals surface area contributed by atoms with E-state index in [2.05, 4.69) is 70.4 Å². The van der Waals surface area contributed by atoms with Crippen molar-refractivity contribution in [3.05, 3.63) is 64.4 Å². The Labute approximate surface area is 117 Å². The van der Waals surface area contributed by atoms with Crippen LogP contribution < -0.4 is 5.32 Å². The molecule has 0 atom stereocenters. The van der Waals surface area contributed by atoms with Gasteiger partial charge in [-0.25, -0.2) is 0 Å². The van der Waals surface area contributed by atoms with Crippen LogP contribution in [0.3, 0.4) is 0 Å². The highest BCUT2D eigenvalue weighted by molar-refractivity contribution is 9.10. The van der Waals surface area contributed by atoms with Crippen molar-refractivity contribution in [1.29, 1.82) is 0 Å². The molecule has 94 valence electrons. The van der Waals surface area contributed by atoms with Crippen LogP contribution in [0.1, 0.15) is 25.0 Å². The zero-order chi connectivity index (χ0) is 13.0. The van der Waals surface area contributed by atoms with E-state index in [0.717, 1.165) is 11.0 Å². The van der Waals surface area contributed by atoms with Gasteiger partial charge in [0.25, 0.3) is 0 Å². The summed E-state index contributed by atoms with van der Waals surface area (Å²) in [4.78, 5) is 4.12. The van der Waals surface area contributed by atoms with Crippen LogP contribution in [0, 0.1) is 0 Å². The number of aromatic nitrogens is 1. The highest BCUT2D eigenvalue weighted by atomic mass is 79.9. The smallest absolute Gasteiger partial charge is 0.0380 e. The molecule has 0 saturated carbocycles. The van der Waals surface area contributed by atoms with Gasteiger partial charge < -0.3 is 5.32 Å². The first-order chi connectivity index (χ1) is 8.58. The van der Waals surface area contributed by atoms with Crippen molar-refractivity contribution in [1.82, 2.24) is 10.3 Å². The molecular formula is C15H17BrN2. The van der Waals surface area contributed by atoms with Gasteiger partial charge in [0.05, 0.1) is 0 Å². The molecule has 1 aromatic heterocycles. The number of nitrogens with zero attached hydrogens (tertiary/aromatic N) is 1. The Bertz CT molecular complexity index is 492. The SMILES string of the molecule is CC(C)(NCc1cccnc1)c1ccc(Br)cc1. The zero-order valence-electron chi connectivity index (χ0n) is 10.7. The lowest BCUT2D eigenvalue weighted by molar-refractivity contribution is 0.401. The first-order valence-electron chi connectivity index (χ1n) is 5.98. The molecule has 0 aliphatic rings. The third-order valence-electron chi connectivity index (χ3n) is 3.02. The first kappa shape index (κ1) is 13.2. The lowest BCUT2D eigenvalue weighted by atomic mass is 9.94. The van der Waals surface area contributed by atoms with Crippen LogP contribution in [-0.4, -0.2) is 4.98 Å². The minimum absolute atomic E-state index is 0.0590. The summed E-state index contributed by atoms with van der Waals surface area (Å²) in [6.07, 6.45) is 3.69. The summed E-state index contributed by atoms with van der Waals surface area (Å²) in [6, 6.07) is 12.5. The number of halogens is 1. The number of benzene rings is 1. The van der Waals surface area contributed by atoms with E-state index >= 15 is 0 Å². The highest BCUT2D eigenvalue weighted by Gasteiger charge is 2.19. The molecule has 1 N–H and O–H groups in total.